The van der Waals surface area contributed by atoms with E-state index in [2.05, 4.69) is 16.8 Å². The number of aryl methyl sites for hydroxylation is 1. The summed E-state index contributed by atoms with van der Waals surface area (Å²) in [6.07, 6.45) is 3.67. The van der Waals surface area contributed by atoms with Crippen LogP contribution in [0.25, 0.3) is 0 Å². The van der Waals surface area contributed by atoms with Crippen molar-refractivity contribution in [2.45, 2.75) is 38.6 Å². The average Bonchev–Trinajstić information content (AvgIpc) is 2.96. The molecule has 0 spiro atoms. The number of piperidine rings is 1. The molecule has 1 saturated heterocycles. The number of halogens is 2. The lowest BCUT2D eigenvalue weighted by Crippen LogP contribution is -2.35. The Labute approximate surface area is 133 Å². The molecule has 1 aliphatic heterocycles. The van der Waals surface area contributed by atoms with Crippen molar-refractivity contribution in [2.75, 3.05) is 13.1 Å². The van der Waals surface area contributed by atoms with E-state index >= 15 is 0 Å². The Balaban J connectivity index is 1.66. The summed E-state index contributed by atoms with van der Waals surface area (Å²) in [5.41, 5.74) is 0.529. The Morgan fingerprint density at radius 1 is 1.27 bits per heavy atom. The van der Waals surface area contributed by atoms with Crippen molar-refractivity contribution in [3.05, 3.63) is 51.5 Å². The standard InChI is InChI=1S/C17H20F2N2S/c1-11(16-10-20-12(2)22-16)21-8-6-13(7-9-21)14-4-3-5-15(18)17(14)19/h3-5,10-11,13H,6-9H2,1-2H3. The first-order valence-electron chi connectivity index (χ1n) is 7.66. The van der Waals surface area contributed by atoms with Gasteiger partial charge in [0.05, 0.1) is 5.01 Å². The quantitative estimate of drug-likeness (QED) is 0.816. The summed E-state index contributed by atoms with van der Waals surface area (Å²) in [6.45, 7) is 6.01. The lowest BCUT2D eigenvalue weighted by atomic mass is 9.88. The van der Waals surface area contributed by atoms with Crippen LogP contribution in [0.5, 0.6) is 0 Å². The van der Waals surface area contributed by atoms with Crippen LogP contribution in [0, 0.1) is 18.6 Å². The smallest absolute Gasteiger partial charge is 0.162 e. The zero-order valence-corrected chi connectivity index (χ0v) is 13.7. The van der Waals surface area contributed by atoms with E-state index in [-0.39, 0.29) is 5.92 Å². The van der Waals surface area contributed by atoms with Gasteiger partial charge in [-0.2, -0.15) is 0 Å². The molecule has 0 saturated carbocycles. The largest absolute Gasteiger partial charge is 0.296 e. The second-order valence-electron chi connectivity index (χ2n) is 5.91. The summed E-state index contributed by atoms with van der Waals surface area (Å²) < 4.78 is 27.3. The molecule has 2 aromatic rings. The minimum absolute atomic E-state index is 0.113. The fourth-order valence-corrected chi connectivity index (χ4v) is 4.06. The van der Waals surface area contributed by atoms with Gasteiger partial charge in [-0.3, -0.25) is 4.90 Å². The molecule has 5 heteroatoms. The van der Waals surface area contributed by atoms with Gasteiger partial charge in [0, 0.05) is 17.1 Å². The van der Waals surface area contributed by atoms with Gasteiger partial charge < -0.3 is 0 Å². The molecule has 1 fully saturated rings. The Kier molecular flexibility index (Phi) is 4.54. The third-order valence-electron chi connectivity index (χ3n) is 4.55. The Morgan fingerprint density at radius 2 is 2.00 bits per heavy atom. The fourth-order valence-electron chi connectivity index (χ4n) is 3.18. The number of hydrogen-bond donors (Lipinski definition) is 0. The molecule has 0 bridgehead atoms. The van der Waals surface area contributed by atoms with Crippen LogP contribution >= 0.6 is 11.3 Å². The third kappa shape index (κ3) is 3.06. The first kappa shape index (κ1) is 15.6. The lowest BCUT2D eigenvalue weighted by molar-refractivity contribution is 0.163. The second kappa shape index (κ2) is 6.42. The number of thiazole rings is 1. The molecular weight excluding hydrogens is 302 g/mol. The van der Waals surface area contributed by atoms with Crippen molar-refractivity contribution in [3.8, 4) is 0 Å². The molecule has 1 aromatic carbocycles. The van der Waals surface area contributed by atoms with Crippen LogP contribution in [0.15, 0.2) is 24.4 Å². The molecule has 22 heavy (non-hydrogen) atoms. The average molecular weight is 322 g/mol. The molecule has 1 unspecified atom stereocenters. The van der Waals surface area contributed by atoms with Crippen LogP contribution in [-0.4, -0.2) is 23.0 Å². The van der Waals surface area contributed by atoms with E-state index in [0.29, 0.717) is 11.6 Å². The highest BCUT2D eigenvalue weighted by atomic mass is 32.1. The fraction of sp³-hybridized carbons (Fsp3) is 0.471. The van der Waals surface area contributed by atoms with Crippen molar-refractivity contribution in [2.24, 2.45) is 0 Å². The molecule has 0 amide bonds. The van der Waals surface area contributed by atoms with Gasteiger partial charge in [0.15, 0.2) is 11.6 Å². The number of likely N-dealkylation sites (tertiary alicyclic amines) is 1. The molecule has 1 atom stereocenters. The van der Waals surface area contributed by atoms with E-state index in [9.17, 15) is 8.78 Å². The van der Waals surface area contributed by atoms with E-state index in [0.717, 1.165) is 30.9 Å². The lowest BCUT2D eigenvalue weighted by Gasteiger charge is -2.35. The number of hydrogen-bond acceptors (Lipinski definition) is 3. The van der Waals surface area contributed by atoms with Crippen LogP contribution in [0.2, 0.25) is 0 Å². The predicted octanol–water partition coefficient (Wildman–Crippen LogP) is 4.67. The molecule has 3 rings (SSSR count). The summed E-state index contributed by atoms with van der Waals surface area (Å²) in [5, 5.41) is 1.08. The van der Waals surface area contributed by atoms with Crippen molar-refractivity contribution < 1.29 is 8.78 Å². The molecule has 2 heterocycles. The summed E-state index contributed by atoms with van der Waals surface area (Å²) >= 11 is 1.73. The summed E-state index contributed by atoms with van der Waals surface area (Å²) in [5.74, 6) is -1.30. The van der Waals surface area contributed by atoms with E-state index < -0.39 is 11.6 Å². The zero-order chi connectivity index (χ0) is 15.7. The minimum atomic E-state index is -0.742. The monoisotopic (exact) mass is 322 g/mol. The first-order valence-corrected chi connectivity index (χ1v) is 8.48. The molecule has 2 nitrogen and oxygen atoms in total. The summed E-state index contributed by atoms with van der Waals surface area (Å²) in [6, 6.07) is 4.84. The highest BCUT2D eigenvalue weighted by Crippen LogP contribution is 2.34. The number of rotatable bonds is 3. The molecule has 0 aliphatic carbocycles. The van der Waals surface area contributed by atoms with E-state index in [4.69, 9.17) is 0 Å². The molecule has 0 radical (unpaired) electrons. The molecule has 1 aromatic heterocycles. The van der Waals surface area contributed by atoms with Gasteiger partial charge in [0.2, 0.25) is 0 Å². The molecule has 118 valence electrons. The first-order chi connectivity index (χ1) is 10.6. The highest BCUT2D eigenvalue weighted by Gasteiger charge is 2.27. The van der Waals surface area contributed by atoms with Gasteiger partial charge >= 0.3 is 0 Å². The van der Waals surface area contributed by atoms with Crippen LogP contribution in [-0.2, 0) is 0 Å². The van der Waals surface area contributed by atoms with Gasteiger partial charge in [-0.1, -0.05) is 12.1 Å². The van der Waals surface area contributed by atoms with Crippen LogP contribution < -0.4 is 0 Å². The molecular formula is C17H20F2N2S. The van der Waals surface area contributed by atoms with Gasteiger partial charge in [-0.25, -0.2) is 13.8 Å². The number of nitrogens with zero attached hydrogens (tertiary/aromatic N) is 2. The van der Waals surface area contributed by atoms with Crippen LogP contribution in [0.1, 0.15) is 47.2 Å². The highest BCUT2D eigenvalue weighted by molar-refractivity contribution is 7.11. The van der Waals surface area contributed by atoms with Crippen molar-refractivity contribution in [1.29, 1.82) is 0 Å². The van der Waals surface area contributed by atoms with E-state index in [1.165, 1.54) is 10.9 Å². The van der Waals surface area contributed by atoms with Gasteiger partial charge in [0.25, 0.3) is 0 Å². The maximum absolute atomic E-state index is 13.9. The van der Waals surface area contributed by atoms with Crippen molar-refractivity contribution in [3.63, 3.8) is 0 Å². The summed E-state index contributed by atoms with van der Waals surface area (Å²) in [4.78, 5) is 7.99. The van der Waals surface area contributed by atoms with Crippen LogP contribution in [0.4, 0.5) is 8.78 Å². The van der Waals surface area contributed by atoms with Gasteiger partial charge in [0.1, 0.15) is 0 Å². The Hall–Kier alpha value is -1.33. The van der Waals surface area contributed by atoms with Crippen LogP contribution in [0.3, 0.4) is 0 Å². The van der Waals surface area contributed by atoms with Crippen molar-refractivity contribution in [1.82, 2.24) is 9.88 Å². The Bertz CT molecular complexity index is 648. The molecule has 0 N–H and O–H groups in total. The number of aromatic nitrogens is 1. The minimum Gasteiger partial charge on any atom is -0.296 e. The second-order valence-corrected chi connectivity index (χ2v) is 7.18. The third-order valence-corrected chi connectivity index (χ3v) is 5.63. The van der Waals surface area contributed by atoms with Gasteiger partial charge in [-0.05, 0) is 57.3 Å². The molecule has 1 aliphatic rings. The van der Waals surface area contributed by atoms with E-state index in [1.807, 2.05) is 13.1 Å². The maximum Gasteiger partial charge on any atom is 0.162 e. The van der Waals surface area contributed by atoms with E-state index in [1.54, 1.807) is 23.5 Å². The SMILES string of the molecule is Cc1ncc(C(C)N2CCC(c3cccc(F)c3F)CC2)s1. The maximum atomic E-state index is 13.9. The Morgan fingerprint density at radius 3 is 2.64 bits per heavy atom. The normalized spacial score (nSPS) is 18.5. The zero-order valence-electron chi connectivity index (χ0n) is 12.9. The summed E-state index contributed by atoms with van der Waals surface area (Å²) in [7, 11) is 0. The van der Waals surface area contributed by atoms with Crippen molar-refractivity contribution >= 4 is 11.3 Å². The topological polar surface area (TPSA) is 16.1 Å². The number of benzene rings is 1. The predicted molar refractivity (Wildman–Crippen MR) is 85.2 cm³/mol. The van der Waals surface area contributed by atoms with Gasteiger partial charge in [-0.15, -0.1) is 11.3 Å².